The first-order chi connectivity index (χ1) is 14.7. The van der Waals surface area contributed by atoms with E-state index in [9.17, 15) is 9.59 Å². The molecule has 1 unspecified atom stereocenters. The lowest BCUT2D eigenvalue weighted by atomic mass is 9.85. The molecule has 1 aromatic carbocycles. The molecule has 3 rings (SSSR count). The van der Waals surface area contributed by atoms with Crippen molar-refractivity contribution >= 4 is 51.0 Å². The third-order valence-corrected chi connectivity index (χ3v) is 7.87. The molecule has 0 spiro atoms. The molecule has 5 nitrogen and oxygen atoms in total. The predicted octanol–water partition coefficient (Wildman–Crippen LogP) is 5.67. The van der Waals surface area contributed by atoms with Crippen LogP contribution in [0.15, 0.2) is 34.1 Å². The van der Waals surface area contributed by atoms with E-state index in [1.54, 1.807) is 11.3 Å². The molecule has 168 valence electrons. The standard InChI is InChI=1S/C23H27BrO5S2/c1-12-6-7-16(10-17(12)11-18-8-9-19(24)31-18)20-13(2)21(27-14(3)25)22(28-15(4)26)23(29-20)30-5/h6-10,13,20-23H,11H2,1-5H3/t13-,20?,21+,22-,23+/m0/s1. The Morgan fingerprint density at radius 3 is 2.39 bits per heavy atom. The second-order valence-corrected chi connectivity index (χ2v) is 11.2. The number of aryl methyl sites for hydroxylation is 1. The Hall–Kier alpha value is -1.35. The Kier molecular flexibility index (Phi) is 8.24. The van der Waals surface area contributed by atoms with Crippen molar-refractivity contribution in [2.24, 2.45) is 5.92 Å². The van der Waals surface area contributed by atoms with E-state index >= 15 is 0 Å². The van der Waals surface area contributed by atoms with Crippen molar-refractivity contribution in [2.75, 3.05) is 6.26 Å². The van der Waals surface area contributed by atoms with Crippen LogP contribution in [0.25, 0.3) is 0 Å². The fraction of sp³-hybridized carbons (Fsp3) is 0.478. The van der Waals surface area contributed by atoms with Crippen molar-refractivity contribution in [1.82, 2.24) is 0 Å². The number of thiophene rings is 1. The summed E-state index contributed by atoms with van der Waals surface area (Å²) in [6.45, 7) is 6.81. The number of hydrogen-bond donors (Lipinski definition) is 0. The van der Waals surface area contributed by atoms with Crippen molar-refractivity contribution in [3.63, 3.8) is 0 Å². The molecule has 0 amide bonds. The quantitative estimate of drug-likeness (QED) is 0.452. The molecule has 1 fully saturated rings. The van der Waals surface area contributed by atoms with Gasteiger partial charge in [0, 0.05) is 31.1 Å². The van der Waals surface area contributed by atoms with Crippen LogP contribution in [-0.4, -0.2) is 35.8 Å². The summed E-state index contributed by atoms with van der Waals surface area (Å²) < 4.78 is 18.7. The molecule has 0 aliphatic carbocycles. The Morgan fingerprint density at radius 2 is 1.81 bits per heavy atom. The smallest absolute Gasteiger partial charge is 0.303 e. The lowest BCUT2D eigenvalue weighted by Gasteiger charge is -2.44. The normalized spacial score (nSPS) is 25.8. The van der Waals surface area contributed by atoms with Gasteiger partial charge in [0.05, 0.1) is 9.89 Å². The number of thioether (sulfide) groups is 1. The average Bonchev–Trinajstić information content (AvgIpc) is 3.11. The number of benzene rings is 1. The Labute approximate surface area is 200 Å². The van der Waals surface area contributed by atoms with Gasteiger partial charge in [-0.2, -0.15) is 0 Å². The number of hydrogen-bond acceptors (Lipinski definition) is 7. The van der Waals surface area contributed by atoms with Crippen molar-refractivity contribution in [1.29, 1.82) is 0 Å². The summed E-state index contributed by atoms with van der Waals surface area (Å²) in [6.07, 6.45) is 1.20. The second-order valence-electron chi connectivity index (χ2n) is 7.74. The number of esters is 2. The minimum Gasteiger partial charge on any atom is -0.458 e. The first-order valence-corrected chi connectivity index (χ1v) is 13.0. The molecule has 1 aliphatic heterocycles. The van der Waals surface area contributed by atoms with Gasteiger partial charge in [0.2, 0.25) is 0 Å². The van der Waals surface area contributed by atoms with Crippen LogP contribution in [0.2, 0.25) is 0 Å². The van der Waals surface area contributed by atoms with Crippen molar-refractivity contribution in [2.45, 2.75) is 57.9 Å². The van der Waals surface area contributed by atoms with E-state index in [0.717, 1.165) is 15.8 Å². The van der Waals surface area contributed by atoms with E-state index in [1.165, 1.54) is 41.6 Å². The maximum atomic E-state index is 11.8. The minimum atomic E-state index is -0.656. The fourth-order valence-electron chi connectivity index (χ4n) is 3.92. The lowest BCUT2D eigenvalue weighted by molar-refractivity contribution is -0.208. The molecule has 1 saturated heterocycles. The van der Waals surface area contributed by atoms with Gasteiger partial charge in [-0.1, -0.05) is 25.1 Å². The molecule has 0 bridgehead atoms. The third-order valence-electron chi connectivity index (χ3n) is 5.40. The van der Waals surface area contributed by atoms with Gasteiger partial charge in [-0.15, -0.1) is 23.1 Å². The summed E-state index contributed by atoms with van der Waals surface area (Å²) in [5.41, 5.74) is 3.04. The summed E-state index contributed by atoms with van der Waals surface area (Å²) in [4.78, 5) is 24.8. The van der Waals surface area contributed by atoms with Crippen LogP contribution >= 0.6 is 39.0 Å². The van der Waals surface area contributed by atoms with Gasteiger partial charge in [0.15, 0.2) is 6.10 Å². The van der Waals surface area contributed by atoms with Crippen LogP contribution < -0.4 is 0 Å². The fourth-order valence-corrected chi connectivity index (χ4v) is 6.13. The highest BCUT2D eigenvalue weighted by Crippen LogP contribution is 2.42. The molecule has 2 aromatic rings. The van der Waals surface area contributed by atoms with Crippen molar-refractivity contribution in [3.05, 3.63) is 55.7 Å². The second kappa shape index (κ2) is 10.5. The summed E-state index contributed by atoms with van der Waals surface area (Å²) in [7, 11) is 0. The molecule has 1 aliphatic rings. The number of rotatable bonds is 6. The van der Waals surface area contributed by atoms with Crippen LogP contribution in [0, 0.1) is 12.8 Å². The summed E-state index contributed by atoms with van der Waals surface area (Å²) in [6, 6.07) is 10.5. The Balaban J connectivity index is 1.92. The highest BCUT2D eigenvalue weighted by molar-refractivity contribution is 9.11. The predicted molar refractivity (Wildman–Crippen MR) is 127 cm³/mol. The number of ether oxygens (including phenoxy) is 3. The van der Waals surface area contributed by atoms with E-state index in [0.29, 0.717) is 0 Å². The molecule has 8 heteroatoms. The minimum absolute atomic E-state index is 0.192. The van der Waals surface area contributed by atoms with Gasteiger partial charge >= 0.3 is 11.9 Å². The monoisotopic (exact) mass is 526 g/mol. The average molecular weight is 528 g/mol. The molecule has 0 radical (unpaired) electrons. The zero-order valence-electron chi connectivity index (χ0n) is 18.2. The van der Waals surface area contributed by atoms with Gasteiger partial charge in [-0.25, -0.2) is 0 Å². The topological polar surface area (TPSA) is 61.8 Å². The Bertz CT molecular complexity index is 944. The van der Waals surface area contributed by atoms with Crippen LogP contribution in [-0.2, 0) is 30.2 Å². The molecular formula is C23H27BrO5S2. The van der Waals surface area contributed by atoms with Crippen molar-refractivity contribution in [3.8, 4) is 0 Å². The van der Waals surface area contributed by atoms with Gasteiger partial charge in [0.25, 0.3) is 0 Å². The van der Waals surface area contributed by atoms with E-state index in [4.69, 9.17) is 14.2 Å². The largest absolute Gasteiger partial charge is 0.458 e. The van der Waals surface area contributed by atoms with E-state index in [1.807, 2.05) is 13.2 Å². The maximum Gasteiger partial charge on any atom is 0.303 e. The first-order valence-electron chi connectivity index (χ1n) is 10.1. The van der Waals surface area contributed by atoms with Crippen LogP contribution in [0.1, 0.15) is 48.4 Å². The SMILES string of the molecule is CS[C@H]1OC(c2ccc(C)c(Cc3ccc(Br)s3)c2)[C@H](C)[C@@H](OC(C)=O)[C@@H]1OC(C)=O. The van der Waals surface area contributed by atoms with Gasteiger partial charge in [-0.05, 0) is 57.9 Å². The van der Waals surface area contributed by atoms with E-state index in [2.05, 4.69) is 53.2 Å². The van der Waals surface area contributed by atoms with Gasteiger partial charge in [0.1, 0.15) is 11.5 Å². The van der Waals surface area contributed by atoms with Crippen LogP contribution in [0.4, 0.5) is 0 Å². The zero-order chi connectivity index (χ0) is 22.7. The molecule has 0 saturated carbocycles. The van der Waals surface area contributed by atoms with Crippen LogP contribution in [0.5, 0.6) is 0 Å². The summed E-state index contributed by atoms with van der Waals surface area (Å²) in [5, 5.41) is 0. The number of halogens is 1. The molecule has 5 atom stereocenters. The maximum absolute atomic E-state index is 11.8. The molecule has 2 heterocycles. The zero-order valence-corrected chi connectivity index (χ0v) is 21.4. The highest BCUT2D eigenvalue weighted by Gasteiger charge is 2.48. The number of carbonyl (C=O) groups is 2. The van der Waals surface area contributed by atoms with Gasteiger partial charge in [-0.3, -0.25) is 9.59 Å². The van der Waals surface area contributed by atoms with E-state index in [-0.39, 0.29) is 12.0 Å². The van der Waals surface area contributed by atoms with E-state index < -0.39 is 29.6 Å². The number of carbonyl (C=O) groups excluding carboxylic acids is 2. The first kappa shape index (κ1) is 24.3. The van der Waals surface area contributed by atoms with Crippen LogP contribution in [0.3, 0.4) is 0 Å². The van der Waals surface area contributed by atoms with Gasteiger partial charge < -0.3 is 14.2 Å². The molecular weight excluding hydrogens is 500 g/mol. The Morgan fingerprint density at radius 1 is 1.13 bits per heavy atom. The molecule has 1 aromatic heterocycles. The third kappa shape index (κ3) is 5.92. The summed E-state index contributed by atoms with van der Waals surface area (Å²) in [5.74, 6) is -1.01. The lowest BCUT2D eigenvalue weighted by Crippen LogP contribution is -2.52. The van der Waals surface area contributed by atoms with Crippen molar-refractivity contribution < 1.29 is 23.8 Å². The molecule has 0 N–H and O–H groups in total. The summed E-state index contributed by atoms with van der Waals surface area (Å²) >= 11 is 6.70. The molecule has 31 heavy (non-hydrogen) atoms. The highest BCUT2D eigenvalue weighted by atomic mass is 79.9.